The van der Waals surface area contributed by atoms with E-state index >= 15 is 0 Å². The summed E-state index contributed by atoms with van der Waals surface area (Å²) in [5.41, 5.74) is 4.20. The van der Waals surface area contributed by atoms with Gasteiger partial charge >= 0.3 is 0 Å². The van der Waals surface area contributed by atoms with Crippen LogP contribution in [0, 0.1) is 0 Å². The molecular formula is C18H17BrO2. The number of halogens is 1. The third kappa shape index (κ3) is 2.34. The first kappa shape index (κ1) is 13.2. The molecule has 0 radical (unpaired) electrons. The molecular weight excluding hydrogens is 328 g/mol. The Morgan fingerprint density at radius 1 is 1.00 bits per heavy atom. The number of fused-ring (bicyclic) bond motifs is 2. The van der Waals surface area contributed by atoms with E-state index < -0.39 is 0 Å². The molecule has 3 heteroatoms. The first-order valence-corrected chi connectivity index (χ1v) is 8.36. The van der Waals surface area contributed by atoms with Gasteiger partial charge in [0.15, 0.2) is 11.5 Å². The molecule has 2 nitrogen and oxygen atoms in total. The molecule has 0 amide bonds. The Hall–Kier alpha value is -1.48. The quantitative estimate of drug-likeness (QED) is 0.739. The van der Waals surface area contributed by atoms with E-state index in [-0.39, 0.29) is 0 Å². The third-order valence-corrected chi connectivity index (χ3v) is 5.50. The highest BCUT2D eigenvalue weighted by atomic mass is 79.9. The first-order valence-electron chi connectivity index (χ1n) is 7.44. The van der Waals surface area contributed by atoms with E-state index in [9.17, 15) is 0 Å². The lowest BCUT2D eigenvalue weighted by Gasteiger charge is -2.34. The van der Waals surface area contributed by atoms with Crippen molar-refractivity contribution in [1.29, 1.82) is 0 Å². The first-order chi connectivity index (χ1) is 10.3. The van der Waals surface area contributed by atoms with Crippen LogP contribution in [0.15, 0.2) is 42.5 Å². The van der Waals surface area contributed by atoms with Crippen molar-refractivity contribution in [2.75, 3.05) is 13.2 Å². The minimum absolute atomic E-state index is 0.324. The fraction of sp³-hybridized carbons (Fsp3) is 0.333. The fourth-order valence-corrected chi connectivity index (χ4v) is 3.90. The molecule has 0 N–H and O–H groups in total. The largest absolute Gasteiger partial charge is 0.490 e. The van der Waals surface area contributed by atoms with E-state index in [1.54, 1.807) is 0 Å². The molecule has 2 unspecified atom stereocenters. The summed E-state index contributed by atoms with van der Waals surface area (Å²) in [4.78, 5) is 0.324. The molecule has 2 aliphatic rings. The van der Waals surface area contributed by atoms with Gasteiger partial charge in [0, 0.05) is 17.2 Å². The predicted molar refractivity (Wildman–Crippen MR) is 86.6 cm³/mol. The summed E-state index contributed by atoms with van der Waals surface area (Å²) in [5, 5.41) is 0. The minimum atomic E-state index is 0.324. The Bertz CT molecular complexity index is 668. The average Bonchev–Trinajstić information content (AvgIpc) is 2.72. The summed E-state index contributed by atoms with van der Waals surface area (Å²) < 4.78 is 11.5. The average molecular weight is 345 g/mol. The smallest absolute Gasteiger partial charge is 0.161 e. The second-order valence-corrected chi connectivity index (χ2v) is 6.65. The zero-order chi connectivity index (χ0) is 14.2. The fourth-order valence-electron chi connectivity index (χ4n) is 3.14. The van der Waals surface area contributed by atoms with E-state index in [1.165, 1.54) is 16.7 Å². The van der Waals surface area contributed by atoms with Crippen molar-refractivity contribution in [3.63, 3.8) is 0 Å². The number of rotatable bonds is 2. The lowest BCUT2D eigenvalue weighted by Crippen LogP contribution is -2.20. The highest BCUT2D eigenvalue weighted by molar-refractivity contribution is 9.09. The van der Waals surface area contributed by atoms with Gasteiger partial charge in [0.1, 0.15) is 0 Å². The zero-order valence-corrected chi connectivity index (χ0v) is 13.3. The van der Waals surface area contributed by atoms with Gasteiger partial charge in [0.05, 0.1) is 13.2 Å². The van der Waals surface area contributed by atoms with Crippen molar-refractivity contribution in [3.05, 3.63) is 59.2 Å². The van der Waals surface area contributed by atoms with Gasteiger partial charge in [0.2, 0.25) is 0 Å². The number of ether oxygens (including phenoxy) is 2. The van der Waals surface area contributed by atoms with Crippen LogP contribution in [0.3, 0.4) is 0 Å². The monoisotopic (exact) mass is 344 g/mol. The molecule has 0 fully saturated rings. The second kappa shape index (κ2) is 5.38. The highest BCUT2D eigenvalue weighted by Crippen LogP contribution is 2.48. The van der Waals surface area contributed by atoms with Crippen LogP contribution in [0.2, 0.25) is 0 Å². The van der Waals surface area contributed by atoms with Crippen LogP contribution >= 0.6 is 15.9 Å². The van der Waals surface area contributed by atoms with Gasteiger partial charge in [-0.15, -0.1) is 0 Å². The Balaban J connectivity index is 1.61. The molecule has 0 spiro atoms. The van der Waals surface area contributed by atoms with Crippen LogP contribution in [0.4, 0.5) is 0 Å². The molecule has 0 saturated heterocycles. The van der Waals surface area contributed by atoms with E-state index in [2.05, 4.69) is 52.3 Å². The molecule has 1 aliphatic carbocycles. The molecule has 1 aliphatic heterocycles. The van der Waals surface area contributed by atoms with E-state index in [4.69, 9.17) is 9.47 Å². The van der Waals surface area contributed by atoms with Crippen LogP contribution in [-0.2, 0) is 6.42 Å². The Kier molecular flexibility index (Phi) is 3.38. The lowest BCUT2D eigenvalue weighted by atomic mass is 9.74. The van der Waals surface area contributed by atoms with Crippen LogP contribution in [-0.4, -0.2) is 13.2 Å². The topological polar surface area (TPSA) is 18.5 Å². The molecule has 108 valence electrons. The molecule has 0 saturated carbocycles. The number of alkyl halides is 1. The molecule has 1 heterocycles. The summed E-state index contributed by atoms with van der Waals surface area (Å²) in [6.45, 7) is 1.47. The maximum atomic E-state index is 5.79. The molecule has 2 aromatic carbocycles. The van der Waals surface area contributed by atoms with Gasteiger partial charge in [-0.2, -0.15) is 0 Å². The van der Waals surface area contributed by atoms with Crippen LogP contribution in [0.5, 0.6) is 11.5 Å². The van der Waals surface area contributed by atoms with E-state index in [0.717, 1.165) is 37.6 Å². The van der Waals surface area contributed by atoms with Crippen molar-refractivity contribution in [2.45, 2.75) is 23.6 Å². The van der Waals surface area contributed by atoms with E-state index in [0.29, 0.717) is 10.7 Å². The Morgan fingerprint density at radius 3 is 2.67 bits per heavy atom. The summed E-state index contributed by atoms with van der Waals surface area (Å²) >= 11 is 3.88. The maximum Gasteiger partial charge on any atom is 0.161 e. The molecule has 2 atom stereocenters. The van der Waals surface area contributed by atoms with Crippen molar-refractivity contribution < 1.29 is 9.47 Å². The minimum Gasteiger partial charge on any atom is -0.490 e. The number of benzene rings is 2. The standard InChI is InChI=1S/C18H17BrO2/c19-18(15-10-12-4-1-2-5-14(12)15)13-6-7-16-17(11-13)21-9-3-8-20-16/h1-2,4-7,11,15,18H,3,8-10H2. The summed E-state index contributed by atoms with van der Waals surface area (Å²) in [6, 6.07) is 15.0. The normalized spacial score (nSPS) is 20.9. The van der Waals surface area contributed by atoms with Gasteiger partial charge < -0.3 is 9.47 Å². The highest BCUT2D eigenvalue weighted by Gasteiger charge is 2.32. The summed E-state index contributed by atoms with van der Waals surface area (Å²) in [7, 11) is 0. The molecule has 4 rings (SSSR count). The number of hydrogen-bond donors (Lipinski definition) is 0. The van der Waals surface area contributed by atoms with Gasteiger partial charge in [-0.1, -0.05) is 46.3 Å². The molecule has 21 heavy (non-hydrogen) atoms. The maximum absolute atomic E-state index is 5.79. The van der Waals surface area contributed by atoms with Crippen molar-refractivity contribution in [1.82, 2.24) is 0 Å². The Morgan fingerprint density at radius 2 is 1.81 bits per heavy atom. The van der Waals surface area contributed by atoms with Crippen molar-refractivity contribution in [2.24, 2.45) is 0 Å². The summed E-state index contributed by atoms with van der Waals surface area (Å²) in [5.74, 6) is 2.29. The van der Waals surface area contributed by atoms with Crippen LogP contribution in [0.1, 0.15) is 33.9 Å². The molecule has 0 bridgehead atoms. The molecule has 0 aromatic heterocycles. The molecule has 2 aromatic rings. The predicted octanol–water partition coefficient (Wildman–Crippen LogP) is 4.62. The lowest BCUT2D eigenvalue weighted by molar-refractivity contribution is 0.297. The van der Waals surface area contributed by atoms with Gasteiger partial charge in [0.25, 0.3) is 0 Å². The van der Waals surface area contributed by atoms with Crippen LogP contribution in [0.25, 0.3) is 0 Å². The zero-order valence-electron chi connectivity index (χ0n) is 11.7. The third-order valence-electron chi connectivity index (χ3n) is 4.34. The number of hydrogen-bond acceptors (Lipinski definition) is 2. The van der Waals surface area contributed by atoms with Gasteiger partial charge in [-0.05, 0) is 35.2 Å². The second-order valence-electron chi connectivity index (χ2n) is 5.67. The van der Waals surface area contributed by atoms with Crippen LogP contribution < -0.4 is 9.47 Å². The van der Waals surface area contributed by atoms with Gasteiger partial charge in [-0.25, -0.2) is 0 Å². The van der Waals surface area contributed by atoms with Crippen molar-refractivity contribution >= 4 is 15.9 Å². The summed E-state index contributed by atoms with van der Waals surface area (Å²) in [6.07, 6.45) is 2.08. The van der Waals surface area contributed by atoms with Crippen molar-refractivity contribution in [3.8, 4) is 11.5 Å². The van der Waals surface area contributed by atoms with E-state index in [1.807, 2.05) is 6.07 Å². The SMILES string of the molecule is BrC(c1ccc2c(c1)OCCCO2)C1Cc2ccccc21. The van der Waals surface area contributed by atoms with Gasteiger partial charge in [-0.3, -0.25) is 0 Å². The Labute approximate surface area is 133 Å².